The highest BCUT2D eigenvalue weighted by Crippen LogP contribution is 2.07. The highest BCUT2D eigenvalue weighted by atomic mass is 16.1. The molecule has 6 heteroatoms. The first kappa shape index (κ1) is 15.0. The Morgan fingerprint density at radius 3 is 2.75 bits per heavy atom. The lowest BCUT2D eigenvalue weighted by Crippen LogP contribution is -2.48. The summed E-state index contributed by atoms with van der Waals surface area (Å²) in [7, 11) is 2.16. The number of aromatic nitrogens is 2. The number of H-pyrrole nitrogens is 1. The normalized spacial score (nSPS) is 18.9. The molecule has 2 rings (SSSR count). The third-order valence-corrected chi connectivity index (χ3v) is 4.05. The second-order valence-electron chi connectivity index (χ2n) is 5.61. The number of nitrogens with one attached hydrogen (secondary N) is 2. The van der Waals surface area contributed by atoms with Crippen LogP contribution in [0.15, 0.2) is 6.33 Å². The molecule has 1 aromatic heterocycles. The minimum absolute atomic E-state index is 0.0886. The maximum absolute atomic E-state index is 11.9. The molecule has 20 heavy (non-hydrogen) atoms. The Morgan fingerprint density at radius 2 is 2.15 bits per heavy atom. The Kier molecular flexibility index (Phi) is 5.14. The number of carbonyl (C=O) groups excluding carboxylic acids is 1. The molecule has 1 amide bonds. The number of piperazine rings is 1. The van der Waals surface area contributed by atoms with Crippen LogP contribution in [0, 0.1) is 6.92 Å². The summed E-state index contributed by atoms with van der Waals surface area (Å²) in [5.74, 6) is -0.0886. The first-order chi connectivity index (χ1) is 9.58. The van der Waals surface area contributed by atoms with Crippen LogP contribution in [0.25, 0.3) is 0 Å². The second kappa shape index (κ2) is 6.85. The van der Waals surface area contributed by atoms with E-state index in [-0.39, 0.29) is 5.91 Å². The van der Waals surface area contributed by atoms with Crippen molar-refractivity contribution in [1.82, 2.24) is 25.1 Å². The van der Waals surface area contributed by atoms with Gasteiger partial charge in [0.05, 0.1) is 6.33 Å². The standard InChI is InChI=1S/C14H25N5O/c1-11(19-8-6-18(3)7-9-19)4-5-15-14(20)13-12(2)16-10-17-13/h10-11H,4-9H2,1-3H3,(H,15,20)(H,16,17). The van der Waals surface area contributed by atoms with E-state index in [9.17, 15) is 4.79 Å². The van der Waals surface area contributed by atoms with Crippen LogP contribution in [-0.4, -0.2) is 71.5 Å². The predicted molar refractivity (Wildman–Crippen MR) is 78.8 cm³/mol. The molecule has 0 aromatic carbocycles. The molecule has 0 spiro atoms. The van der Waals surface area contributed by atoms with E-state index in [1.165, 1.54) is 0 Å². The van der Waals surface area contributed by atoms with Crippen LogP contribution < -0.4 is 5.32 Å². The molecular weight excluding hydrogens is 254 g/mol. The number of hydrogen-bond donors (Lipinski definition) is 2. The van der Waals surface area contributed by atoms with Crippen LogP contribution >= 0.6 is 0 Å². The van der Waals surface area contributed by atoms with Gasteiger partial charge in [0, 0.05) is 44.5 Å². The van der Waals surface area contributed by atoms with Gasteiger partial charge >= 0.3 is 0 Å². The number of rotatable bonds is 5. The molecule has 112 valence electrons. The maximum atomic E-state index is 11.9. The summed E-state index contributed by atoms with van der Waals surface area (Å²) in [5, 5.41) is 2.95. The summed E-state index contributed by atoms with van der Waals surface area (Å²) in [6.07, 6.45) is 2.52. The SMILES string of the molecule is Cc1[nH]cnc1C(=O)NCCC(C)N1CCN(C)CC1. The molecule has 1 saturated heterocycles. The van der Waals surface area contributed by atoms with Crippen molar-refractivity contribution in [3.63, 3.8) is 0 Å². The van der Waals surface area contributed by atoms with Gasteiger partial charge in [0.2, 0.25) is 0 Å². The predicted octanol–water partition coefficient (Wildman–Crippen LogP) is 0.474. The summed E-state index contributed by atoms with van der Waals surface area (Å²) in [5.41, 5.74) is 1.31. The van der Waals surface area contributed by atoms with Gasteiger partial charge in [-0.2, -0.15) is 0 Å². The van der Waals surface area contributed by atoms with Gasteiger partial charge in [-0.3, -0.25) is 9.69 Å². The van der Waals surface area contributed by atoms with E-state index >= 15 is 0 Å². The van der Waals surface area contributed by atoms with E-state index < -0.39 is 0 Å². The molecular formula is C14H25N5O. The average molecular weight is 279 g/mol. The zero-order valence-corrected chi connectivity index (χ0v) is 12.6. The number of imidazole rings is 1. The molecule has 1 aliphatic heterocycles. The molecule has 1 aromatic rings. The quantitative estimate of drug-likeness (QED) is 0.822. The van der Waals surface area contributed by atoms with Gasteiger partial charge in [0.1, 0.15) is 5.69 Å². The first-order valence-electron chi connectivity index (χ1n) is 7.28. The lowest BCUT2D eigenvalue weighted by Gasteiger charge is -2.36. The first-order valence-corrected chi connectivity index (χ1v) is 7.28. The van der Waals surface area contributed by atoms with E-state index in [1.807, 2.05) is 6.92 Å². The molecule has 0 aliphatic carbocycles. The van der Waals surface area contributed by atoms with E-state index in [0.717, 1.165) is 38.3 Å². The fourth-order valence-electron chi connectivity index (χ4n) is 2.51. The highest BCUT2D eigenvalue weighted by Gasteiger charge is 2.19. The Balaban J connectivity index is 1.70. The monoisotopic (exact) mass is 279 g/mol. The third kappa shape index (κ3) is 3.80. The summed E-state index contributed by atoms with van der Waals surface area (Å²) < 4.78 is 0. The Hall–Kier alpha value is -1.40. The lowest BCUT2D eigenvalue weighted by atomic mass is 10.1. The van der Waals surface area contributed by atoms with Gasteiger partial charge < -0.3 is 15.2 Å². The van der Waals surface area contributed by atoms with Crippen molar-refractivity contribution < 1.29 is 4.79 Å². The van der Waals surface area contributed by atoms with Crippen molar-refractivity contribution in [3.8, 4) is 0 Å². The highest BCUT2D eigenvalue weighted by molar-refractivity contribution is 5.93. The summed E-state index contributed by atoms with van der Waals surface area (Å²) in [6.45, 7) is 9.27. The summed E-state index contributed by atoms with van der Waals surface area (Å²) in [6, 6.07) is 0.504. The average Bonchev–Trinajstić information content (AvgIpc) is 2.85. The van der Waals surface area contributed by atoms with Gasteiger partial charge in [-0.15, -0.1) is 0 Å². The number of aromatic amines is 1. The minimum atomic E-state index is -0.0886. The minimum Gasteiger partial charge on any atom is -0.351 e. The van der Waals surface area contributed by atoms with Gasteiger partial charge in [0.25, 0.3) is 5.91 Å². The van der Waals surface area contributed by atoms with E-state index in [0.29, 0.717) is 18.3 Å². The summed E-state index contributed by atoms with van der Waals surface area (Å²) in [4.78, 5) is 23.7. The van der Waals surface area contributed by atoms with E-state index in [2.05, 4.69) is 39.1 Å². The number of aryl methyl sites for hydroxylation is 1. The largest absolute Gasteiger partial charge is 0.351 e. The van der Waals surface area contributed by atoms with Crippen molar-refractivity contribution in [3.05, 3.63) is 17.7 Å². The number of likely N-dealkylation sites (N-methyl/N-ethyl adjacent to an activating group) is 1. The zero-order chi connectivity index (χ0) is 14.5. The van der Waals surface area contributed by atoms with Crippen LogP contribution in [0.3, 0.4) is 0 Å². The van der Waals surface area contributed by atoms with Crippen LogP contribution in [-0.2, 0) is 0 Å². The molecule has 0 bridgehead atoms. The van der Waals surface area contributed by atoms with Gasteiger partial charge in [-0.1, -0.05) is 0 Å². The van der Waals surface area contributed by atoms with Crippen molar-refractivity contribution in [2.75, 3.05) is 39.8 Å². The van der Waals surface area contributed by atoms with Crippen LogP contribution in [0.5, 0.6) is 0 Å². The number of nitrogens with zero attached hydrogens (tertiary/aromatic N) is 3. The Morgan fingerprint density at radius 1 is 1.45 bits per heavy atom. The van der Waals surface area contributed by atoms with Gasteiger partial charge in [0.15, 0.2) is 0 Å². The lowest BCUT2D eigenvalue weighted by molar-refractivity contribution is 0.0930. The Bertz CT molecular complexity index is 437. The molecule has 0 radical (unpaired) electrons. The molecule has 6 nitrogen and oxygen atoms in total. The second-order valence-corrected chi connectivity index (χ2v) is 5.61. The third-order valence-electron chi connectivity index (χ3n) is 4.05. The van der Waals surface area contributed by atoms with Gasteiger partial charge in [-0.05, 0) is 27.3 Å². The number of amides is 1. The molecule has 1 unspecified atom stereocenters. The molecule has 1 atom stereocenters. The van der Waals surface area contributed by atoms with E-state index in [1.54, 1.807) is 6.33 Å². The van der Waals surface area contributed by atoms with Crippen molar-refractivity contribution in [1.29, 1.82) is 0 Å². The fourth-order valence-corrected chi connectivity index (χ4v) is 2.51. The molecule has 0 saturated carbocycles. The molecule has 1 aliphatic rings. The smallest absolute Gasteiger partial charge is 0.271 e. The topological polar surface area (TPSA) is 64.3 Å². The number of hydrogen-bond acceptors (Lipinski definition) is 4. The van der Waals surface area contributed by atoms with Crippen LogP contribution in [0.2, 0.25) is 0 Å². The molecule has 2 N–H and O–H groups in total. The van der Waals surface area contributed by atoms with Crippen molar-refractivity contribution in [2.45, 2.75) is 26.3 Å². The Labute approximate surface area is 120 Å². The summed E-state index contributed by atoms with van der Waals surface area (Å²) >= 11 is 0. The van der Waals surface area contributed by atoms with Gasteiger partial charge in [-0.25, -0.2) is 4.98 Å². The van der Waals surface area contributed by atoms with Crippen molar-refractivity contribution in [2.24, 2.45) is 0 Å². The zero-order valence-electron chi connectivity index (χ0n) is 12.6. The van der Waals surface area contributed by atoms with Crippen LogP contribution in [0.1, 0.15) is 29.5 Å². The molecule has 2 heterocycles. The van der Waals surface area contributed by atoms with Crippen molar-refractivity contribution >= 4 is 5.91 Å². The fraction of sp³-hybridized carbons (Fsp3) is 0.714. The number of carbonyl (C=O) groups is 1. The maximum Gasteiger partial charge on any atom is 0.271 e. The van der Waals surface area contributed by atoms with Crippen LogP contribution in [0.4, 0.5) is 0 Å². The van der Waals surface area contributed by atoms with E-state index in [4.69, 9.17) is 0 Å². The molecule has 1 fully saturated rings.